The van der Waals surface area contributed by atoms with Crippen LogP contribution in [0.4, 0.5) is 0 Å². The maximum absolute atomic E-state index is 10.2. The molecule has 0 fully saturated rings. The molecule has 3 N–H and O–H groups in total. The average molecular weight is 289 g/mol. The first-order valence-corrected chi connectivity index (χ1v) is 3.58. The molecule has 0 bridgehead atoms. The summed E-state index contributed by atoms with van der Waals surface area (Å²) in [5.41, 5.74) is 4.80. The predicted octanol–water partition coefficient (Wildman–Crippen LogP) is 0.874. The summed E-state index contributed by atoms with van der Waals surface area (Å²) in [4.78, 5) is 19.4. The Labute approximate surface area is 97.6 Å². The Bertz CT molecular complexity index is 283. The monoisotopic (exact) mass is 288 g/mol. The van der Waals surface area contributed by atoms with Crippen molar-refractivity contribution in [3.63, 3.8) is 0 Å². The largest absolute Gasteiger partial charge is 0.478 e. The first-order valence-electron chi connectivity index (χ1n) is 3.58. The second kappa shape index (κ2) is 8.50. The van der Waals surface area contributed by atoms with Gasteiger partial charge in [0, 0.05) is 29.3 Å². The number of carboxylic acid groups (broad SMARTS) is 1. The van der Waals surface area contributed by atoms with Crippen LogP contribution in [0.1, 0.15) is 17.3 Å². The van der Waals surface area contributed by atoms with Crippen molar-refractivity contribution in [1.82, 2.24) is 0 Å². The van der Waals surface area contributed by atoms with Crippen LogP contribution in [0.3, 0.4) is 0 Å². The molecule has 0 aromatic heterocycles. The van der Waals surface area contributed by atoms with Gasteiger partial charge in [0.2, 0.25) is 5.91 Å². The molecule has 1 rings (SSSR count). The van der Waals surface area contributed by atoms with Crippen LogP contribution < -0.4 is 5.73 Å². The van der Waals surface area contributed by atoms with E-state index in [1.54, 1.807) is 30.3 Å². The van der Waals surface area contributed by atoms with E-state index in [1.807, 2.05) is 0 Å². The van der Waals surface area contributed by atoms with Crippen LogP contribution >= 0.6 is 0 Å². The van der Waals surface area contributed by atoms with Crippen LogP contribution in [0.5, 0.6) is 0 Å². The minimum atomic E-state index is -0.879. The number of benzene rings is 1. The van der Waals surface area contributed by atoms with Gasteiger partial charge in [-0.25, -0.2) is 4.79 Å². The standard InChI is InChI=1S/C7H6O2.C2H5NO.Ag/c8-7(9)6-4-2-1-3-5-6;1-2(3)4;/h1-5H,(H,8,9);1H3,(H2,3,4);. The van der Waals surface area contributed by atoms with Crippen LogP contribution in [-0.4, -0.2) is 17.0 Å². The van der Waals surface area contributed by atoms with E-state index in [0.717, 1.165) is 0 Å². The van der Waals surface area contributed by atoms with Crippen molar-refractivity contribution in [2.24, 2.45) is 5.73 Å². The van der Waals surface area contributed by atoms with Gasteiger partial charge in [-0.15, -0.1) is 0 Å². The Morgan fingerprint density at radius 1 is 1.21 bits per heavy atom. The van der Waals surface area contributed by atoms with Gasteiger partial charge in [0.25, 0.3) is 0 Å². The van der Waals surface area contributed by atoms with Crippen LogP contribution in [0.2, 0.25) is 0 Å². The zero-order chi connectivity index (χ0) is 10.3. The number of amides is 1. The Morgan fingerprint density at radius 2 is 1.57 bits per heavy atom. The molecule has 14 heavy (non-hydrogen) atoms. The number of aromatic carboxylic acids is 1. The van der Waals surface area contributed by atoms with E-state index < -0.39 is 5.97 Å². The number of carbonyl (C=O) groups is 2. The van der Waals surface area contributed by atoms with Crippen LogP contribution in [0.25, 0.3) is 0 Å². The van der Waals surface area contributed by atoms with E-state index in [0.29, 0.717) is 5.56 Å². The van der Waals surface area contributed by atoms with E-state index in [4.69, 9.17) is 5.11 Å². The summed E-state index contributed by atoms with van der Waals surface area (Å²) in [6, 6.07) is 8.30. The molecule has 1 radical (unpaired) electrons. The smallest absolute Gasteiger partial charge is 0.335 e. The predicted molar refractivity (Wildman–Crippen MR) is 48.3 cm³/mol. The van der Waals surface area contributed by atoms with Crippen molar-refractivity contribution in [2.75, 3.05) is 0 Å². The van der Waals surface area contributed by atoms with Gasteiger partial charge in [-0.1, -0.05) is 18.2 Å². The van der Waals surface area contributed by atoms with E-state index in [9.17, 15) is 9.59 Å². The molecule has 0 aliphatic heterocycles. The van der Waals surface area contributed by atoms with Crippen molar-refractivity contribution >= 4 is 11.9 Å². The Hall–Kier alpha value is -1.10. The molecule has 81 valence electrons. The molecule has 4 nitrogen and oxygen atoms in total. The number of nitrogens with two attached hydrogens (primary N) is 1. The molecule has 0 unspecified atom stereocenters. The van der Waals surface area contributed by atoms with Gasteiger partial charge in [0.1, 0.15) is 0 Å². The molecule has 1 aromatic carbocycles. The summed E-state index contributed by atoms with van der Waals surface area (Å²) in [5, 5.41) is 8.38. The molecule has 0 saturated carbocycles. The number of rotatable bonds is 1. The van der Waals surface area contributed by atoms with Gasteiger partial charge >= 0.3 is 5.97 Å². The molecule has 0 heterocycles. The SMILES string of the molecule is CC(N)=O.O=C(O)c1ccccc1.[Ag]. The van der Waals surface area contributed by atoms with Crippen molar-refractivity contribution in [3.05, 3.63) is 35.9 Å². The normalized spacial score (nSPS) is 7.50. The molecule has 0 aliphatic rings. The Kier molecular flexibility index (Phi) is 9.33. The zero-order valence-corrected chi connectivity index (χ0v) is 9.01. The summed E-state index contributed by atoms with van der Waals surface area (Å²) in [6.07, 6.45) is 0. The van der Waals surface area contributed by atoms with Crippen molar-refractivity contribution < 1.29 is 37.1 Å². The average Bonchev–Trinajstić information content (AvgIpc) is 2.05. The Morgan fingerprint density at radius 3 is 1.79 bits per heavy atom. The van der Waals surface area contributed by atoms with Gasteiger partial charge in [0.15, 0.2) is 0 Å². The maximum Gasteiger partial charge on any atom is 0.335 e. The summed E-state index contributed by atoms with van der Waals surface area (Å²) in [6.45, 7) is 1.31. The fraction of sp³-hybridized carbons (Fsp3) is 0.111. The van der Waals surface area contributed by atoms with E-state index in [1.165, 1.54) is 6.92 Å². The van der Waals surface area contributed by atoms with Gasteiger partial charge in [0.05, 0.1) is 5.56 Å². The second-order valence-electron chi connectivity index (χ2n) is 2.28. The zero-order valence-electron chi connectivity index (χ0n) is 7.53. The topological polar surface area (TPSA) is 80.4 Å². The third kappa shape index (κ3) is 8.99. The summed E-state index contributed by atoms with van der Waals surface area (Å²) >= 11 is 0. The quantitative estimate of drug-likeness (QED) is 0.753. The molecule has 1 aromatic rings. The van der Waals surface area contributed by atoms with Crippen LogP contribution in [-0.2, 0) is 27.2 Å². The summed E-state index contributed by atoms with van der Waals surface area (Å²) < 4.78 is 0. The van der Waals surface area contributed by atoms with Gasteiger partial charge in [-0.05, 0) is 12.1 Å². The van der Waals surface area contributed by atoms with Crippen molar-refractivity contribution in [3.8, 4) is 0 Å². The first-order chi connectivity index (χ1) is 6.04. The third-order valence-corrected chi connectivity index (χ3v) is 1.02. The van der Waals surface area contributed by atoms with Gasteiger partial charge < -0.3 is 10.8 Å². The summed E-state index contributed by atoms with van der Waals surface area (Å²) in [7, 11) is 0. The number of carbonyl (C=O) groups excluding carboxylic acids is 1. The van der Waals surface area contributed by atoms with E-state index >= 15 is 0 Å². The Balaban J connectivity index is 0. The maximum atomic E-state index is 10.2. The third-order valence-electron chi connectivity index (χ3n) is 1.02. The van der Waals surface area contributed by atoms with Crippen LogP contribution in [0, 0.1) is 0 Å². The van der Waals surface area contributed by atoms with E-state index in [-0.39, 0.29) is 28.3 Å². The first kappa shape index (κ1) is 15.4. The van der Waals surface area contributed by atoms with Gasteiger partial charge in [-0.3, -0.25) is 4.79 Å². The fourth-order valence-electron chi connectivity index (χ4n) is 0.581. The molecular weight excluding hydrogens is 278 g/mol. The molecule has 0 saturated heterocycles. The number of hydrogen-bond donors (Lipinski definition) is 2. The van der Waals surface area contributed by atoms with E-state index in [2.05, 4.69) is 5.73 Å². The minimum absolute atomic E-state index is 0. The molecular formula is C9H11AgNO3. The molecule has 0 spiro atoms. The minimum Gasteiger partial charge on any atom is -0.478 e. The number of primary amides is 1. The van der Waals surface area contributed by atoms with Crippen molar-refractivity contribution in [2.45, 2.75) is 6.92 Å². The number of carboxylic acids is 1. The molecule has 0 atom stereocenters. The number of hydrogen-bond acceptors (Lipinski definition) is 2. The van der Waals surface area contributed by atoms with Gasteiger partial charge in [-0.2, -0.15) is 0 Å². The van der Waals surface area contributed by atoms with Crippen LogP contribution in [0.15, 0.2) is 30.3 Å². The second-order valence-corrected chi connectivity index (χ2v) is 2.28. The van der Waals surface area contributed by atoms with Crippen molar-refractivity contribution in [1.29, 1.82) is 0 Å². The summed E-state index contributed by atoms with van der Waals surface area (Å²) in [5.74, 6) is -1.21. The molecule has 0 aliphatic carbocycles. The fourth-order valence-corrected chi connectivity index (χ4v) is 0.581. The molecule has 5 heteroatoms. The molecule has 1 amide bonds.